The Kier molecular flexibility index (Phi) is 4.15. The molecule has 3 nitrogen and oxygen atoms in total. The van der Waals surface area contributed by atoms with E-state index in [9.17, 15) is 9.90 Å². The standard InChI is InChI=1S/C15H19NO2/c17-14(15(18)10-4-5-11-15)16-12-6-9-13-7-2-1-3-8-13/h1-3,6-9,18H,4-5,10-12H2,(H,16,17)/b9-6+. The van der Waals surface area contributed by atoms with Crippen LogP contribution in [0.3, 0.4) is 0 Å². The molecule has 1 amide bonds. The number of benzene rings is 1. The van der Waals surface area contributed by atoms with Gasteiger partial charge in [0.05, 0.1) is 0 Å². The van der Waals surface area contributed by atoms with Crippen LogP contribution < -0.4 is 5.32 Å². The summed E-state index contributed by atoms with van der Waals surface area (Å²) in [4.78, 5) is 11.8. The van der Waals surface area contributed by atoms with Gasteiger partial charge in [-0.3, -0.25) is 4.79 Å². The second-order valence-corrected chi connectivity index (χ2v) is 4.76. The van der Waals surface area contributed by atoms with E-state index in [1.807, 2.05) is 42.5 Å². The zero-order chi connectivity index (χ0) is 12.8. The highest BCUT2D eigenvalue weighted by atomic mass is 16.3. The third-order valence-electron chi connectivity index (χ3n) is 3.34. The Morgan fingerprint density at radius 1 is 1.28 bits per heavy atom. The molecule has 0 heterocycles. The van der Waals surface area contributed by atoms with E-state index >= 15 is 0 Å². The second kappa shape index (κ2) is 5.83. The van der Waals surface area contributed by atoms with Gasteiger partial charge in [0.1, 0.15) is 5.60 Å². The Morgan fingerprint density at radius 3 is 2.61 bits per heavy atom. The van der Waals surface area contributed by atoms with Gasteiger partial charge >= 0.3 is 0 Å². The molecule has 2 rings (SSSR count). The Bertz CT molecular complexity index is 419. The summed E-state index contributed by atoms with van der Waals surface area (Å²) in [5.41, 5.74) is -0.0213. The lowest BCUT2D eigenvalue weighted by Gasteiger charge is -2.20. The molecule has 96 valence electrons. The first-order chi connectivity index (χ1) is 8.71. The van der Waals surface area contributed by atoms with Crippen LogP contribution in [0.2, 0.25) is 0 Å². The lowest BCUT2D eigenvalue weighted by molar-refractivity contribution is -0.138. The molecule has 0 atom stereocenters. The molecule has 18 heavy (non-hydrogen) atoms. The number of carbonyl (C=O) groups is 1. The van der Waals surface area contributed by atoms with Gasteiger partial charge in [0, 0.05) is 6.54 Å². The minimum atomic E-state index is -1.12. The van der Waals surface area contributed by atoms with Gasteiger partial charge in [-0.25, -0.2) is 0 Å². The number of amides is 1. The number of hydrogen-bond donors (Lipinski definition) is 2. The van der Waals surface area contributed by atoms with Crippen molar-refractivity contribution in [1.82, 2.24) is 5.32 Å². The van der Waals surface area contributed by atoms with Crippen molar-refractivity contribution in [3.8, 4) is 0 Å². The van der Waals surface area contributed by atoms with Crippen molar-refractivity contribution < 1.29 is 9.90 Å². The molecular formula is C15H19NO2. The van der Waals surface area contributed by atoms with Crippen molar-refractivity contribution in [2.75, 3.05) is 6.54 Å². The fourth-order valence-electron chi connectivity index (χ4n) is 2.26. The molecule has 0 radical (unpaired) electrons. The van der Waals surface area contributed by atoms with Crippen LogP contribution in [-0.2, 0) is 4.79 Å². The Hall–Kier alpha value is -1.61. The van der Waals surface area contributed by atoms with Crippen LogP contribution in [0.4, 0.5) is 0 Å². The van der Waals surface area contributed by atoms with Crippen LogP contribution >= 0.6 is 0 Å². The molecule has 0 spiro atoms. The summed E-state index contributed by atoms with van der Waals surface area (Å²) in [5, 5.41) is 12.8. The van der Waals surface area contributed by atoms with E-state index in [2.05, 4.69) is 5.32 Å². The van der Waals surface area contributed by atoms with Crippen LogP contribution in [0.1, 0.15) is 31.2 Å². The summed E-state index contributed by atoms with van der Waals surface area (Å²) in [6.07, 6.45) is 6.89. The third kappa shape index (κ3) is 3.20. The summed E-state index contributed by atoms with van der Waals surface area (Å²) >= 11 is 0. The first kappa shape index (κ1) is 12.8. The van der Waals surface area contributed by atoms with Gasteiger partial charge in [-0.2, -0.15) is 0 Å². The molecular weight excluding hydrogens is 226 g/mol. The maximum Gasteiger partial charge on any atom is 0.252 e. The molecule has 1 fully saturated rings. The van der Waals surface area contributed by atoms with E-state index in [-0.39, 0.29) is 5.91 Å². The predicted molar refractivity (Wildman–Crippen MR) is 71.9 cm³/mol. The van der Waals surface area contributed by atoms with E-state index in [1.54, 1.807) is 0 Å². The molecule has 3 heteroatoms. The van der Waals surface area contributed by atoms with E-state index in [4.69, 9.17) is 0 Å². The Balaban J connectivity index is 1.79. The van der Waals surface area contributed by atoms with Gasteiger partial charge in [0.2, 0.25) is 0 Å². The normalized spacial score (nSPS) is 18.1. The Morgan fingerprint density at radius 2 is 1.94 bits per heavy atom. The van der Waals surface area contributed by atoms with Crippen LogP contribution in [0, 0.1) is 0 Å². The van der Waals surface area contributed by atoms with Crippen molar-refractivity contribution in [2.24, 2.45) is 0 Å². The van der Waals surface area contributed by atoms with E-state index in [0.29, 0.717) is 19.4 Å². The van der Waals surface area contributed by atoms with Crippen LogP contribution in [0.25, 0.3) is 6.08 Å². The molecule has 0 unspecified atom stereocenters. The first-order valence-corrected chi connectivity index (χ1v) is 6.43. The maximum atomic E-state index is 11.8. The molecule has 0 saturated heterocycles. The minimum Gasteiger partial charge on any atom is -0.380 e. The van der Waals surface area contributed by atoms with Gasteiger partial charge < -0.3 is 10.4 Å². The highest BCUT2D eigenvalue weighted by molar-refractivity contribution is 5.85. The third-order valence-corrected chi connectivity index (χ3v) is 3.34. The van der Waals surface area contributed by atoms with Crippen LogP contribution in [0.15, 0.2) is 36.4 Å². The van der Waals surface area contributed by atoms with Crippen molar-refractivity contribution >= 4 is 12.0 Å². The minimum absolute atomic E-state index is 0.238. The largest absolute Gasteiger partial charge is 0.380 e. The number of aliphatic hydroxyl groups is 1. The van der Waals surface area contributed by atoms with Crippen LogP contribution in [-0.4, -0.2) is 23.2 Å². The van der Waals surface area contributed by atoms with Gasteiger partial charge in [-0.1, -0.05) is 42.5 Å². The number of hydrogen-bond acceptors (Lipinski definition) is 2. The summed E-state index contributed by atoms with van der Waals surface area (Å²) in [6.45, 7) is 0.454. The van der Waals surface area contributed by atoms with E-state index in [1.165, 1.54) is 0 Å². The average Bonchev–Trinajstić information content (AvgIpc) is 2.84. The Labute approximate surface area is 108 Å². The van der Waals surface area contributed by atoms with E-state index < -0.39 is 5.60 Å². The molecule has 1 saturated carbocycles. The topological polar surface area (TPSA) is 49.3 Å². The van der Waals surface area contributed by atoms with Crippen LogP contribution in [0.5, 0.6) is 0 Å². The highest BCUT2D eigenvalue weighted by Gasteiger charge is 2.38. The molecule has 1 aliphatic carbocycles. The SMILES string of the molecule is O=C(NC/C=C/c1ccccc1)C1(O)CCCC1. The molecule has 0 aromatic heterocycles. The van der Waals surface area contributed by atoms with E-state index in [0.717, 1.165) is 18.4 Å². The number of rotatable bonds is 4. The molecule has 1 aliphatic rings. The highest BCUT2D eigenvalue weighted by Crippen LogP contribution is 2.29. The number of carbonyl (C=O) groups excluding carboxylic acids is 1. The fraction of sp³-hybridized carbons (Fsp3) is 0.400. The lowest BCUT2D eigenvalue weighted by Crippen LogP contribution is -2.44. The monoisotopic (exact) mass is 245 g/mol. The summed E-state index contributed by atoms with van der Waals surface area (Å²) in [6, 6.07) is 9.92. The smallest absolute Gasteiger partial charge is 0.252 e. The van der Waals surface area contributed by atoms with Gasteiger partial charge in [0.25, 0.3) is 5.91 Å². The predicted octanol–water partition coefficient (Wildman–Crippen LogP) is 2.12. The fourth-order valence-corrected chi connectivity index (χ4v) is 2.26. The average molecular weight is 245 g/mol. The lowest BCUT2D eigenvalue weighted by atomic mass is 10.0. The van der Waals surface area contributed by atoms with Crippen molar-refractivity contribution in [3.63, 3.8) is 0 Å². The quantitative estimate of drug-likeness (QED) is 0.853. The summed E-state index contributed by atoms with van der Waals surface area (Å²) in [5.74, 6) is -0.238. The van der Waals surface area contributed by atoms with Gasteiger partial charge in [0.15, 0.2) is 0 Å². The zero-order valence-corrected chi connectivity index (χ0v) is 10.4. The molecule has 1 aromatic rings. The second-order valence-electron chi connectivity index (χ2n) is 4.76. The first-order valence-electron chi connectivity index (χ1n) is 6.43. The molecule has 0 aliphatic heterocycles. The summed E-state index contributed by atoms with van der Waals surface area (Å²) in [7, 11) is 0. The zero-order valence-electron chi connectivity index (χ0n) is 10.4. The van der Waals surface area contributed by atoms with Crippen molar-refractivity contribution in [2.45, 2.75) is 31.3 Å². The molecule has 2 N–H and O–H groups in total. The van der Waals surface area contributed by atoms with Gasteiger partial charge in [-0.15, -0.1) is 0 Å². The maximum absolute atomic E-state index is 11.8. The summed E-state index contributed by atoms with van der Waals surface area (Å²) < 4.78 is 0. The van der Waals surface area contributed by atoms with Crippen molar-refractivity contribution in [1.29, 1.82) is 0 Å². The van der Waals surface area contributed by atoms with Crippen molar-refractivity contribution in [3.05, 3.63) is 42.0 Å². The number of nitrogens with one attached hydrogen (secondary N) is 1. The molecule has 0 bridgehead atoms. The van der Waals surface area contributed by atoms with Gasteiger partial charge in [-0.05, 0) is 31.2 Å². The molecule has 1 aromatic carbocycles.